The van der Waals surface area contributed by atoms with Gasteiger partial charge in [-0.05, 0) is 0 Å². The van der Waals surface area contributed by atoms with Gasteiger partial charge in [0, 0.05) is 6.92 Å². The van der Waals surface area contributed by atoms with Gasteiger partial charge in [-0.3, -0.25) is 4.79 Å². The van der Waals surface area contributed by atoms with Gasteiger partial charge in [-0.2, -0.15) is 0 Å². The molecule has 0 spiro atoms. The van der Waals surface area contributed by atoms with Gasteiger partial charge in [0.05, 0.1) is 21.1 Å². The van der Waals surface area contributed by atoms with Crippen LogP contribution in [0.5, 0.6) is 0 Å². The van der Waals surface area contributed by atoms with E-state index in [2.05, 4.69) is 21.1 Å². The van der Waals surface area contributed by atoms with E-state index in [0.29, 0.717) is 6.61 Å². The van der Waals surface area contributed by atoms with Gasteiger partial charge in [0.1, 0.15) is 13.2 Å². The van der Waals surface area contributed by atoms with Crippen molar-refractivity contribution in [3.05, 3.63) is 0 Å². The summed E-state index contributed by atoms with van der Waals surface area (Å²) in [5.41, 5.74) is 0. The Balaban J connectivity index is 0. The third-order valence-corrected chi connectivity index (χ3v) is 1.07. The number of esters is 1. The van der Waals surface area contributed by atoms with Crippen LogP contribution in [0.15, 0.2) is 0 Å². The average molecular weight is 355 g/mol. The molecule has 0 aromatic carbocycles. The van der Waals surface area contributed by atoms with Crippen LogP contribution in [-0.2, 0) is 9.53 Å². The van der Waals surface area contributed by atoms with Gasteiger partial charge in [-0.25, -0.2) is 0 Å². The number of hydrogen-bond donors (Lipinski definition) is 0. The molecular weight excluding hydrogens is 337 g/mol. The summed E-state index contributed by atoms with van der Waals surface area (Å²) in [6, 6.07) is 0. The van der Waals surface area contributed by atoms with Gasteiger partial charge in [0.2, 0.25) is 0 Å². The van der Waals surface area contributed by atoms with E-state index in [1.165, 1.54) is 6.92 Å². The molecule has 0 saturated carbocycles. The predicted molar refractivity (Wildman–Crippen MR) is 48.1 cm³/mol. The van der Waals surface area contributed by atoms with Crippen molar-refractivity contribution in [2.75, 3.05) is 34.3 Å². The molecule has 0 N–H and O–H groups in total. The summed E-state index contributed by atoms with van der Waals surface area (Å²) < 4.78 is 5.59. The first-order valence-corrected chi connectivity index (χ1v) is 3.35. The Morgan fingerprint density at radius 3 is 2.09 bits per heavy atom. The van der Waals surface area contributed by atoms with Crippen molar-refractivity contribution in [2.24, 2.45) is 0 Å². The SMILES string of the molecule is CC(=O)OCC[N+](C)(C)C.[PbH2]. The first-order valence-electron chi connectivity index (χ1n) is 3.35. The Labute approximate surface area is 88.5 Å². The molecule has 0 aliphatic heterocycles. The number of carbonyl (C=O) groups is 1. The molecule has 0 rings (SSSR count). The van der Waals surface area contributed by atoms with Gasteiger partial charge in [0.15, 0.2) is 0 Å². The summed E-state index contributed by atoms with van der Waals surface area (Å²) in [7, 11) is 6.18. The maximum absolute atomic E-state index is 10.3. The summed E-state index contributed by atoms with van der Waals surface area (Å²) in [5, 5.41) is 0. The number of ether oxygens (including phenoxy) is 1. The van der Waals surface area contributed by atoms with Crippen molar-refractivity contribution < 1.29 is 14.0 Å². The van der Waals surface area contributed by atoms with Gasteiger partial charge >= 0.3 is 33.3 Å². The monoisotopic (exact) mass is 356 g/mol. The maximum atomic E-state index is 10.3. The van der Waals surface area contributed by atoms with Crippen LogP contribution in [0.2, 0.25) is 0 Å². The molecule has 0 amide bonds. The van der Waals surface area contributed by atoms with Crippen LogP contribution in [0.25, 0.3) is 0 Å². The minimum absolute atomic E-state index is 0. The zero-order valence-electron chi connectivity index (χ0n) is 7.89. The fourth-order valence-corrected chi connectivity index (χ4v) is 0.463. The molecule has 11 heavy (non-hydrogen) atoms. The van der Waals surface area contributed by atoms with Crippen LogP contribution in [-0.4, -0.2) is 72.0 Å². The Hall–Kier alpha value is 0.352. The van der Waals surface area contributed by atoms with Crippen LogP contribution < -0.4 is 0 Å². The summed E-state index contributed by atoms with van der Waals surface area (Å²) in [6.45, 7) is 2.80. The summed E-state index contributed by atoms with van der Waals surface area (Å²) in [4.78, 5) is 10.3. The number of hydrogen-bond acceptors (Lipinski definition) is 2. The van der Waals surface area contributed by atoms with Crippen LogP contribution in [0, 0.1) is 0 Å². The Morgan fingerprint density at radius 2 is 1.82 bits per heavy atom. The molecule has 66 valence electrons. The average Bonchev–Trinajstić information content (AvgIpc) is 1.59. The Morgan fingerprint density at radius 1 is 1.36 bits per heavy atom. The molecule has 0 unspecified atom stereocenters. The zero-order chi connectivity index (χ0) is 8.20. The van der Waals surface area contributed by atoms with Gasteiger partial charge in [-0.15, -0.1) is 0 Å². The van der Waals surface area contributed by atoms with E-state index in [9.17, 15) is 4.79 Å². The van der Waals surface area contributed by atoms with E-state index in [-0.39, 0.29) is 33.3 Å². The quantitative estimate of drug-likeness (QED) is 0.382. The second kappa shape index (κ2) is 5.93. The molecule has 4 heteroatoms. The van der Waals surface area contributed by atoms with E-state index >= 15 is 0 Å². The molecule has 0 bridgehead atoms. The molecule has 0 aromatic heterocycles. The topological polar surface area (TPSA) is 26.3 Å². The number of carbonyl (C=O) groups excluding carboxylic acids is 1. The third-order valence-electron chi connectivity index (χ3n) is 1.07. The molecule has 0 aliphatic carbocycles. The molecule has 0 heterocycles. The van der Waals surface area contributed by atoms with Crippen LogP contribution in [0.4, 0.5) is 0 Å². The number of rotatable bonds is 3. The molecular formula is C7H18NO2Pb+. The van der Waals surface area contributed by atoms with E-state index in [1.807, 2.05) is 0 Å². The molecule has 0 aromatic rings. The van der Waals surface area contributed by atoms with Crippen molar-refractivity contribution in [3.8, 4) is 0 Å². The fourth-order valence-electron chi connectivity index (χ4n) is 0.463. The fraction of sp³-hybridized carbons (Fsp3) is 0.857. The van der Waals surface area contributed by atoms with E-state index in [1.54, 1.807) is 0 Å². The van der Waals surface area contributed by atoms with Crippen LogP contribution in [0.1, 0.15) is 6.92 Å². The molecule has 0 aliphatic rings. The first-order chi connectivity index (χ1) is 4.42. The zero-order valence-corrected chi connectivity index (χ0v) is 13.4. The van der Waals surface area contributed by atoms with Gasteiger partial charge < -0.3 is 9.22 Å². The van der Waals surface area contributed by atoms with Gasteiger partial charge in [-0.1, -0.05) is 0 Å². The molecule has 0 saturated heterocycles. The van der Waals surface area contributed by atoms with Crippen molar-refractivity contribution in [3.63, 3.8) is 0 Å². The Kier molecular flexibility index (Phi) is 7.50. The number of likely N-dealkylation sites (N-methyl/N-ethyl adjacent to an activating group) is 1. The van der Waals surface area contributed by atoms with E-state index in [4.69, 9.17) is 4.74 Å². The standard InChI is InChI=1S/C7H16NO2.Pb.2H/c1-7(9)10-6-5-8(2,3)4;;;/h5-6H2,1-4H3;;;/q+1;;;. The Bertz CT molecular complexity index is 120. The van der Waals surface area contributed by atoms with Crippen molar-refractivity contribution in [1.82, 2.24) is 0 Å². The van der Waals surface area contributed by atoms with Crippen molar-refractivity contribution in [2.45, 2.75) is 6.92 Å². The molecule has 0 fully saturated rings. The molecule has 0 atom stereocenters. The normalized spacial score (nSPS) is 10.2. The first kappa shape index (κ1) is 13.9. The summed E-state index contributed by atoms with van der Waals surface area (Å²) in [6.07, 6.45) is 0. The minimum atomic E-state index is -0.201. The number of nitrogens with zero attached hydrogens (tertiary/aromatic N) is 1. The number of quaternary nitrogens is 1. The summed E-state index contributed by atoms with van der Waals surface area (Å²) in [5.74, 6) is -0.201. The van der Waals surface area contributed by atoms with Crippen LogP contribution >= 0.6 is 0 Å². The van der Waals surface area contributed by atoms with Crippen LogP contribution in [0.3, 0.4) is 0 Å². The third kappa shape index (κ3) is 13.4. The van der Waals surface area contributed by atoms with E-state index in [0.717, 1.165) is 11.0 Å². The van der Waals surface area contributed by atoms with E-state index < -0.39 is 0 Å². The second-order valence-electron chi connectivity index (χ2n) is 3.35. The van der Waals surface area contributed by atoms with Crippen molar-refractivity contribution >= 4 is 33.3 Å². The van der Waals surface area contributed by atoms with Gasteiger partial charge in [0.25, 0.3) is 0 Å². The summed E-state index contributed by atoms with van der Waals surface area (Å²) >= 11 is 0. The predicted octanol–water partition coefficient (Wildman–Crippen LogP) is -0.660. The second-order valence-corrected chi connectivity index (χ2v) is 3.35. The molecule has 2 radical (unpaired) electrons. The molecule has 3 nitrogen and oxygen atoms in total. The van der Waals surface area contributed by atoms with Crippen molar-refractivity contribution in [1.29, 1.82) is 0 Å².